The summed E-state index contributed by atoms with van der Waals surface area (Å²) in [4.78, 5) is 37.0. The molecule has 2 rings (SSSR count). The van der Waals surface area contributed by atoms with E-state index in [0.717, 1.165) is 0 Å². The van der Waals surface area contributed by atoms with Crippen LogP contribution < -0.4 is 21.3 Å². The standard InChI is InChI=1S/C15H19ClN4O4/c1-24-12-5-4-10(16)7-11(12)14(22)19-18-13(21)9-3-2-6-20(8-9)15(17)23/h4-5,7,9H,2-3,6,8H2,1H3,(H2,17,23)(H,18,21)(H,19,22)/t9-/m0/s1. The molecule has 0 unspecified atom stereocenters. The number of benzene rings is 1. The molecule has 4 amide bonds. The number of hydrazine groups is 1. The number of likely N-dealkylation sites (tertiary alicyclic amines) is 1. The van der Waals surface area contributed by atoms with Crippen molar-refractivity contribution in [2.45, 2.75) is 12.8 Å². The molecular weight excluding hydrogens is 336 g/mol. The summed E-state index contributed by atoms with van der Waals surface area (Å²) < 4.78 is 5.09. The van der Waals surface area contributed by atoms with Crippen LogP contribution in [0.15, 0.2) is 18.2 Å². The normalized spacial score (nSPS) is 17.1. The lowest BCUT2D eigenvalue weighted by atomic mass is 9.98. The molecule has 1 atom stereocenters. The fourth-order valence-electron chi connectivity index (χ4n) is 2.54. The van der Waals surface area contributed by atoms with E-state index in [1.165, 1.54) is 18.1 Å². The smallest absolute Gasteiger partial charge is 0.314 e. The molecule has 0 bridgehead atoms. The number of piperidine rings is 1. The lowest BCUT2D eigenvalue weighted by Crippen LogP contribution is -2.51. The number of halogens is 1. The first-order valence-electron chi connectivity index (χ1n) is 7.40. The van der Waals surface area contributed by atoms with Crippen LogP contribution in [0.25, 0.3) is 0 Å². The maximum atomic E-state index is 12.2. The molecule has 8 nitrogen and oxygen atoms in total. The van der Waals surface area contributed by atoms with Crippen LogP contribution in [0.5, 0.6) is 5.75 Å². The second kappa shape index (κ2) is 7.87. The predicted octanol–water partition coefficient (Wildman–Crippen LogP) is 0.900. The van der Waals surface area contributed by atoms with Crippen molar-refractivity contribution in [3.8, 4) is 5.75 Å². The Balaban J connectivity index is 1.95. The Bertz CT molecular complexity index is 652. The van der Waals surface area contributed by atoms with E-state index in [-0.39, 0.29) is 18.0 Å². The number of hydrogen-bond acceptors (Lipinski definition) is 4. The average Bonchev–Trinajstić information content (AvgIpc) is 2.59. The van der Waals surface area contributed by atoms with Gasteiger partial charge in [-0.25, -0.2) is 4.79 Å². The highest BCUT2D eigenvalue weighted by Crippen LogP contribution is 2.22. The topological polar surface area (TPSA) is 114 Å². The van der Waals surface area contributed by atoms with E-state index in [1.807, 2.05) is 0 Å². The number of nitrogens with two attached hydrogens (primary N) is 1. The van der Waals surface area contributed by atoms with E-state index in [1.54, 1.807) is 12.1 Å². The van der Waals surface area contributed by atoms with Gasteiger partial charge in [0.2, 0.25) is 5.91 Å². The molecule has 1 aliphatic heterocycles. The second-order valence-corrected chi connectivity index (χ2v) is 5.85. The van der Waals surface area contributed by atoms with Gasteiger partial charge in [0, 0.05) is 18.1 Å². The van der Waals surface area contributed by atoms with Crippen molar-refractivity contribution in [3.63, 3.8) is 0 Å². The molecule has 0 aromatic heterocycles. The van der Waals surface area contributed by atoms with Gasteiger partial charge < -0.3 is 15.4 Å². The third kappa shape index (κ3) is 4.29. The van der Waals surface area contributed by atoms with E-state index >= 15 is 0 Å². The number of primary amides is 1. The monoisotopic (exact) mass is 354 g/mol. The van der Waals surface area contributed by atoms with Crippen molar-refractivity contribution in [2.24, 2.45) is 11.7 Å². The zero-order valence-corrected chi connectivity index (χ0v) is 13.9. The Morgan fingerprint density at radius 2 is 2.08 bits per heavy atom. The summed E-state index contributed by atoms with van der Waals surface area (Å²) in [6.45, 7) is 0.767. The summed E-state index contributed by atoms with van der Waals surface area (Å²) in [6, 6.07) is 4.04. The van der Waals surface area contributed by atoms with E-state index in [4.69, 9.17) is 22.1 Å². The average molecular weight is 355 g/mol. The fraction of sp³-hybridized carbons (Fsp3) is 0.400. The minimum atomic E-state index is -0.555. The maximum absolute atomic E-state index is 12.2. The van der Waals surface area contributed by atoms with Crippen molar-refractivity contribution >= 4 is 29.4 Å². The number of amides is 4. The summed E-state index contributed by atoms with van der Waals surface area (Å²) in [7, 11) is 1.43. The first-order chi connectivity index (χ1) is 11.4. The minimum Gasteiger partial charge on any atom is -0.496 e. The van der Waals surface area contributed by atoms with Gasteiger partial charge in [-0.1, -0.05) is 11.6 Å². The first-order valence-corrected chi connectivity index (χ1v) is 7.78. The lowest BCUT2D eigenvalue weighted by molar-refractivity contribution is -0.127. The molecule has 1 aromatic carbocycles. The Morgan fingerprint density at radius 3 is 2.75 bits per heavy atom. The number of methoxy groups -OCH3 is 1. The Hall–Kier alpha value is -2.48. The van der Waals surface area contributed by atoms with Crippen LogP contribution in [0.4, 0.5) is 4.79 Å². The highest BCUT2D eigenvalue weighted by Gasteiger charge is 2.27. The number of rotatable bonds is 3. The molecule has 9 heteroatoms. The molecule has 4 N–H and O–H groups in total. The van der Waals surface area contributed by atoms with Crippen molar-refractivity contribution < 1.29 is 19.1 Å². The zero-order valence-electron chi connectivity index (χ0n) is 13.2. The fourth-order valence-corrected chi connectivity index (χ4v) is 2.71. The van der Waals surface area contributed by atoms with Gasteiger partial charge >= 0.3 is 6.03 Å². The largest absolute Gasteiger partial charge is 0.496 e. The molecule has 0 spiro atoms. The number of ether oxygens (including phenoxy) is 1. The molecule has 0 aliphatic carbocycles. The summed E-state index contributed by atoms with van der Waals surface area (Å²) in [5.41, 5.74) is 10.1. The molecule has 0 radical (unpaired) electrons. The van der Waals surface area contributed by atoms with Crippen molar-refractivity contribution in [2.75, 3.05) is 20.2 Å². The molecule has 1 saturated heterocycles. The number of hydrogen-bond donors (Lipinski definition) is 3. The second-order valence-electron chi connectivity index (χ2n) is 5.41. The Labute approximate surface area is 144 Å². The number of carbonyl (C=O) groups excluding carboxylic acids is 3. The molecule has 24 heavy (non-hydrogen) atoms. The zero-order chi connectivity index (χ0) is 17.7. The van der Waals surface area contributed by atoms with Gasteiger partial charge in [0.05, 0.1) is 18.6 Å². The summed E-state index contributed by atoms with van der Waals surface area (Å²) in [6.07, 6.45) is 1.29. The highest BCUT2D eigenvalue weighted by molar-refractivity contribution is 6.31. The van der Waals surface area contributed by atoms with Crippen LogP contribution >= 0.6 is 11.6 Å². The molecule has 1 fully saturated rings. The molecule has 0 saturated carbocycles. The summed E-state index contributed by atoms with van der Waals surface area (Å²) in [5.74, 6) is -1.02. The van der Waals surface area contributed by atoms with E-state index in [0.29, 0.717) is 30.2 Å². The first kappa shape index (κ1) is 17.9. The van der Waals surface area contributed by atoms with Gasteiger partial charge in [-0.2, -0.15) is 0 Å². The van der Waals surface area contributed by atoms with Crippen LogP contribution in [0, 0.1) is 5.92 Å². The third-order valence-corrected chi connectivity index (χ3v) is 4.04. The molecular formula is C15H19ClN4O4. The third-order valence-electron chi connectivity index (χ3n) is 3.81. The molecule has 1 heterocycles. The number of urea groups is 1. The van der Waals surface area contributed by atoms with Gasteiger partial charge in [-0.05, 0) is 31.0 Å². The minimum absolute atomic E-state index is 0.202. The van der Waals surface area contributed by atoms with Crippen molar-refractivity contribution in [1.29, 1.82) is 0 Å². The number of nitrogens with zero attached hydrogens (tertiary/aromatic N) is 1. The molecule has 1 aliphatic rings. The summed E-state index contributed by atoms with van der Waals surface area (Å²) >= 11 is 5.88. The maximum Gasteiger partial charge on any atom is 0.314 e. The quantitative estimate of drug-likeness (QED) is 0.700. The van der Waals surface area contributed by atoms with Gasteiger partial charge in [-0.15, -0.1) is 0 Å². The van der Waals surface area contributed by atoms with Gasteiger partial charge in [0.25, 0.3) is 5.91 Å². The number of nitrogens with one attached hydrogen (secondary N) is 2. The van der Waals surface area contributed by atoms with E-state index < -0.39 is 17.9 Å². The van der Waals surface area contributed by atoms with Gasteiger partial charge in [0.15, 0.2) is 0 Å². The van der Waals surface area contributed by atoms with E-state index in [9.17, 15) is 14.4 Å². The van der Waals surface area contributed by atoms with Crippen LogP contribution in [0.1, 0.15) is 23.2 Å². The van der Waals surface area contributed by atoms with Crippen LogP contribution in [-0.4, -0.2) is 42.9 Å². The Kier molecular flexibility index (Phi) is 5.86. The lowest BCUT2D eigenvalue weighted by Gasteiger charge is -2.30. The van der Waals surface area contributed by atoms with Gasteiger partial charge in [0.1, 0.15) is 5.75 Å². The molecule has 1 aromatic rings. The Morgan fingerprint density at radius 1 is 1.33 bits per heavy atom. The van der Waals surface area contributed by atoms with Crippen LogP contribution in [-0.2, 0) is 4.79 Å². The highest BCUT2D eigenvalue weighted by atomic mass is 35.5. The van der Waals surface area contributed by atoms with Crippen molar-refractivity contribution in [3.05, 3.63) is 28.8 Å². The number of carbonyl (C=O) groups is 3. The van der Waals surface area contributed by atoms with Crippen LogP contribution in [0.2, 0.25) is 5.02 Å². The summed E-state index contributed by atoms with van der Waals surface area (Å²) in [5, 5.41) is 0.372. The SMILES string of the molecule is COc1ccc(Cl)cc1C(=O)NNC(=O)[C@H]1CCCN(C(N)=O)C1. The van der Waals surface area contributed by atoms with Crippen LogP contribution in [0.3, 0.4) is 0 Å². The van der Waals surface area contributed by atoms with Gasteiger partial charge in [-0.3, -0.25) is 20.4 Å². The van der Waals surface area contributed by atoms with E-state index in [2.05, 4.69) is 10.9 Å². The molecule has 130 valence electrons. The predicted molar refractivity (Wildman–Crippen MR) is 87.5 cm³/mol. The van der Waals surface area contributed by atoms with Crippen molar-refractivity contribution in [1.82, 2.24) is 15.8 Å².